The van der Waals surface area contributed by atoms with Crippen LogP contribution in [0.15, 0.2) is 6.33 Å². The topological polar surface area (TPSA) is 64.3 Å². The monoisotopic (exact) mass is 248 g/mol. The molecule has 0 radical (unpaired) electrons. The molecule has 0 spiro atoms. The molecule has 1 aromatic heterocycles. The van der Waals surface area contributed by atoms with E-state index in [0.29, 0.717) is 18.0 Å². The molecule has 5 nitrogen and oxygen atoms in total. The van der Waals surface area contributed by atoms with Gasteiger partial charge in [0.2, 0.25) is 0 Å². The number of rotatable bonds is 3. The van der Waals surface area contributed by atoms with Crippen LogP contribution in [0.1, 0.15) is 31.7 Å². The second-order valence-electron chi connectivity index (χ2n) is 5.17. The van der Waals surface area contributed by atoms with Gasteiger partial charge in [-0.25, -0.2) is 9.97 Å². The number of nitrogen functional groups attached to an aromatic ring is 1. The van der Waals surface area contributed by atoms with Gasteiger partial charge in [-0.15, -0.1) is 0 Å². The average molecular weight is 248 g/mol. The molecule has 5 heteroatoms. The molecule has 2 aliphatic heterocycles. The number of anilines is 2. The van der Waals surface area contributed by atoms with Gasteiger partial charge in [0.05, 0.1) is 12.2 Å². The third-order valence-electron chi connectivity index (χ3n) is 3.80. The Balaban J connectivity index is 1.89. The summed E-state index contributed by atoms with van der Waals surface area (Å²) in [7, 11) is 0. The lowest BCUT2D eigenvalue weighted by Crippen LogP contribution is -2.43. The Hall–Kier alpha value is -1.36. The summed E-state index contributed by atoms with van der Waals surface area (Å²) in [4.78, 5) is 10.9. The van der Waals surface area contributed by atoms with Crippen molar-refractivity contribution in [2.24, 2.45) is 0 Å². The third-order valence-corrected chi connectivity index (χ3v) is 3.80. The smallest absolute Gasteiger partial charge is 0.137 e. The van der Waals surface area contributed by atoms with Crippen molar-refractivity contribution in [3.8, 4) is 0 Å². The number of fused-ring (bicyclic) bond motifs is 2. The molecule has 0 amide bonds. The number of hydrogen-bond acceptors (Lipinski definition) is 5. The van der Waals surface area contributed by atoms with Crippen LogP contribution >= 0.6 is 0 Å². The van der Waals surface area contributed by atoms with Crippen molar-refractivity contribution < 1.29 is 4.74 Å². The molecule has 0 saturated carbocycles. The predicted octanol–water partition coefficient (Wildman–Crippen LogP) is 1.38. The van der Waals surface area contributed by atoms with E-state index < -0.39 is 0 Å². The van der Waals surface area contributed by atoms with Crippen LogP contribution in [0.2, 0.25) is 0 Å². The van der Waals surface area contributed by atoms with E-state index in [0.717, 1.165) is 37.3 Å². The number of nitrogens with zero attached hydrogens (tertiary/aromatic N) is 3. The molecular weight excluding hydrogens is 228 g/mol. The summed E-state index contributed by atoms with van der Waals surface area (Å²) in [5, 5.41) is 0. The highest BCUT2D eigenvalue weighted by atomic mass is 16.5. The fraction of sp³-hybridized carbons (Fsp3) is 0.692. The van der Waals surface area contributed by atoms with Crippen molar-refractivity contribution in [2.45, 2.75) is 44.8 Å². The zero-order valence-electron chi connectivity index (χ0n) is 10.8. The van der Waals surface area contributed by atoms with Crippen LogP contribution in [-0.2, 0) is 11.2 Å². The minimum absolute atomic E-state index is 0.370. The van der Waals surface area contributed by atoms with E-state index in [1.807, 2.05) is 0 Å². The number of hydrogen-bond donors (Lipinski definition) is 1. The minimum atomic E-state index is 0.370. The molecular formula is C13H20N4O. The molecule has 0 aromatic carbocycles. The lowest BCUT2D eigenvalue weighted by atomic mass is 10.1. The van der Waals surface area contributed by atoms with Crippen molar-refractivity contribution >= 4 is 11.6 Å². The minimum Gasteiger partial charge on any atom is -0.383 e. The molecule has 2 aliphatic rings. The normalized spacial score (nSPS) is 26.6. The second-order valence-corrected chi connectivity index (χ2v) is 5.17. The van der Waals surface area contributed by atoms with Gasteiger partial charge >= 0.3 is 0 Å². The van der Waals surface area contributed by atoms with E-state index in [1.54, 1.807) is 6.33 Å². The first kappa shape index (κ1) is 11.7. The van der Waals surface area contributed by atoms with E-state index in [4.69, 9.17) is 10.5 Å². The number of morpholine rings is 1. The molecule has 2 saturated heterocycles. The summed E-state index contributed by atoms with van der Waals surface area (Å²) in [6.45, 7) is 4.02. The Morgan fingerprint density at radius 1 is 1.33 bits per heavy atom. The first-order valence-electron chi connectivity index (χ1n) is 6.77. The summed E-state index contributed by atoms with van der Waals surface area (Å²) in [5.74, 6) is 1.64. The van der Waals surface area contributed by atoms with E-state index in [-0.39, 0.29) is 0 Å². The Kier molecular flexibility index (Phi) is 3.07. The van der Waals surface area contributed by atoms with E-state index in [2.05, 4.69) is 21.8 Å². The lowest BCUT2D eigenvalue weighted by Gasteiger charge is -2.34. The molecule has 0 aliphatic carbocycles. The average Bonchev–Trinajstić information content (AvgIpc) is 2.71. The molecule has 3 rings (SSSR count). The number of nitrogens with two attached hydrogens (primary N) is 1. The summed E-state index contributed by atoms with van der Waals surface area (Å²) >= 11 is 0. The van der Waals surface area contributed by atoms with Gasteiger partial charge in [-0.3, -0.25) is 0 Å². The van der Waals surface area contributed by atoms with Crippen LogP contribution in [-0.4, -0.2) is 35.3 Å². The van der Waals surface area contributed by atoms with Crippen LogP contribution in [0.3, 0.4) is 0 Å². The molecule has 98 valence electrons. The van der Waals surface area contributed by atoms with Crippen molar-refractivity contribution in [2.75, 3.05) is 23.7 Å². The van der Waals surface area contributed by atoms with Gasteiger partial charge in [0, 0.05) is 18.7 Å². The Morgan fingerprint density at radius 3 is 2.72 bits per heavy atom. The van der Waals surface area contributed by atoms with Crippen LogP contribution in [0, 0.1) is 0 Å². The van der Waals surface area contributed by atoms with Crippen molar-refractivity contribution in [1.29, 1.82) is 0 Å². The van der Waals surface area contributed by atoms with Gasteiger partial charge < -0.3 is 15.4 Å². The van der Waals surface area contributed by atoms with Gasteiger partial charge in [0.15, 0.2) is 0 Å². The standard InChI is InChI=1S/C13H20N4O/c1-2-3-11-12(14)15-8-16-13(11)17-6-9-4-5-10(7-17)18-9/h8-10H,2-7H2,1H3,(H2,14,15,16). The van der Waals surface area contributed by atoms with Crippen molar-refractivity contribution in [1.82, 2.24) is 9.97 Å². The van der Waals surface area contributed by atoms with Crippen molar-refractivity contribution in [3.63, 3.8) is 0 Å². The fourth-order valence-electron chi connectivity index (χ4n) is 2.97. The SMILES string of the molecule is CCCc1c(N)ncnc1N1CC2CCC(C1)O2. The van der Waals surface area contributed by atoms with Crippen LogP contribution in [0.5, 0.6) is 0 Å². The van der Waals surface area contributed by atoms with Gasteiger partial charge in [0.25, 0.3) is 0 Å². The highest BCUT2D eigenvalue weighted by Crippen LogP contribution is 2.31. The summed E-state index contributed by atoms with van der Waals surface area (Å²) in [6, 6.07) is 0. The first-order valence-corrected chi connectivity index (χ1v) is 6.77. The molecule has 3 heterocycles. The Bertz CT molecular complexity index is 425. The fourth-order valence-corrected chi connectivity index (χ4v) is 2.97. The van der Waals surface area contributed by atoms with Gasteiger partial charge in [-0.05, 0) is 19.3 Å². The van der Waals surface area contributed by atoms with Gasteiger partial charge in [-0.2, -0.15) is 0 Å². The zero-order valence-corrected chi connectivity index (χ0v) is 10.8. The van der Waals surface area contributed by atoms with Crippen molar-refractivity contribution in [3.05, 3.63) is 11.9 Å². The maximum absolute atomic E-state index is 5.99. The molecule has 2 N–H and O–H groups in total. The lowest BCUT2D eigenvalue weighted by molar-refractivity contribution is 0.0301. The Labute approximate surface area is 107 Å². The molecule has 2 bridgehead atoms. The maximum Gasteiger partial charge on any atom is 0.137 e. The van der Waals surface area contributed by atoms with Gasteiger partial charge in [-0.1, -0.05) is 13.3 Å². The van der Waals surface area contributed by atoms with Gasteiger partial charge in [0.1, 0.15) is 18.0 Å². The maximum atomic E-state index is 5.99. The number of ether oxygens (including phenoxy) is 1. The third kappa shape index (κ3) is 2.03. The highest BCUT2D eigenvalue weighted by molar-refractivity contribution is 5.57. The van der Waals surface area contributed by atoms with Crippen LogP contribution < -0.4 is 10.6 Å². The quantitative estimate of drug-likeness (QED) is 0.875. The van der Waals surface area contributed by atoms with Crippen LogP contribution in [0.25, 0.3) is 0 Å². The summed E-state index contributed by atoms with van der Waals surface area (Å²) in [5.41, 5.74) is 7.09. The molecule has 2 unspecified atom stereocenters. The largest absolute Gasteiger partial charge is 0.383 e. The van der Waals surface area contributed by atoms with E-state index >= 15 is 0 Å². The summed E-state index contributed by atoms with van der Waals surface area (Å²) in [6.07, 6.45) is 6.65. The predicted molar refractivity (Wildman–Crippen MR) is 70.5 cm³/mol. The molecule has 2 fully saturated rings. The molecule has 2 atom stereocenters. The van der Waals surface area contributed by atoms with Crippen LogP contribution in [0.4, 0.5) is 11.6 Å². The van der Waals surface area contributed by atoms with E-state index in [9.17, 15) is 0 Å². The second kappa shape index (κ2) is 4.72. The highest BCUT2D eigenvalue weighted by Gasteiger charge is 2.35. The molecule has 1 aromatic rings. The first-order chi connectivity index (χ1) is 8.78. The van der Waals surface area contributed by atoms with E-state index in [1.165, 1.54) is 12.8 Å². The Morgan fingerprint density at radius 2 is 2.06 bits per heavy atom. The zero-order chi connectivity index (χ0) is 12.5. The molecule has 18 heavy (non-hydrogen) atoms. The number of aromatic nitrogens is 2. The summed E-state index contributed by atoms with van der Waals surface area (Å²) < 4.78 is 5.86.